The fraction of sp³-hybridized carbons (Fsp3) is 0.375. The van der Waals surface area contributed by atoms with Gasteiger partial charge in [0.15, 0.2) is 5.13 Å². The van der Waals surface area contributed by atoms with Crippen LogP contribution in [0.2, 0.25) is 10.0 Å². The third-order valence-electron chi connectivity index (χ3n) is 4.12. The van der Waals surface area contributed by atoms with Gasteiger partial charge in [0.05, 0.1) is 17.0 Å². The Morgan fingerprint density at radius 3 is 2.85 bits per heavy atom. The number of amides is 1. The molecule has 1 fully saturated rings. The molecule has 140 valence electrons. The number of nitrogens with zero attached hydrogens (tertiary/aromatic N) is 2. The van der Waals surface area contributed by atoms with Crippen molar-refractivity contribution in [2.75, 3.05) is 18.1 Å². The van der Waals surface area contributed by atoms with Gasteiger partial charge < -0.3 is 5.32 Å². The van der Waals surface area contributed by atoms with Gasteiger partial charge in [-0.2, -0.15) is 4.31 Å². The molecule has 2 heterocycles. The Hall–Kier alpha value is -1.19. The molecule has 0 bridgehead atoms. The minimum Gasteiger partial charge on any atom is -0.301 e. The maximum Gasteiger partial charge on any atom is 0.244 e. The third kappa shape index (κ3) is 4.37. The number of aromatic nitrogens is 1. The number of benzene rings is 1. The van der Waals surface area contributed by atoms with Crippen LogP contribution in [0.3, 0.4) is 0 Å². The molecule has 0 radical (unpaired) electrons. The van der Waals surface area contributed by atoms with E-state index in [2.05, 4.69) is 10.3 Å². The van der Waals surface area contributed by atoms with Crippen molar-refractivity contribution >= 4 is 55.6 Å². The summed E-state index contributed by atoms with van der Waals surface area (Å²) in [5, 5.41) is 5.92. The minimum absolute atomic E-state index is 0.359. The van der Waals surface area contributed by atoms with E-state index in [1.165, 1.54) is 15.6 Å². The van der Waals surface area contributed by atoms with Gasteiger partial charge in [0.25, 0.3) is 0 Å². The molecule has 1 N–H and O–H groups in total. The van der Waals surface area contributed by atoms with Gasteiger partial charge >= 0.3 is 0 Å². The zero-order valence-electron chi connectivity index (χ0n) is 13.9. The summed E-state index contributed by atoms with van der Waals surface area (Å²) in [5.41, 5.74) is 1.27. The molecular formula is C16H17Cl2N3O3S2. The van der Waals surface area contributed by atoms with Crippen LogP contribution < -0.4 is 5.32 Å². The van der Waals surface area contributed by atoms with Crippen molar-refractivity contribution in [1.29, 1.82) is 0 Å². The maximum atomic E-state index is 12.6. The largest absolute Gasteiger partial charge is 0.301 e. The zero-order chi connectivity index (χ0) is 18.9. The lowest BCUT2D eigenvalue weighted by atomic mass is 10.0. The molecule has 1 saturated heterocycles. The molecule has 26 heavy (non-hydrogen) atoms. The average molecular weight is 434 g/mol. The summed E-state index contributed by atoms with van der Waals surface area (Å²) in [6.07, 6.45) is 3.19. The molecule has 1 aromatic carbocycles. The summed E-state index contributed by atoms with van der Waals surface area (Å²) in [7, 11) is -3.44. The normalized spacial score (nSPS) is 18.7. The smallest absolute Gasteiger partial charge is 0.244 e. The van der Waals surface area contributed by atoms with E-state index in [1.54, 1.807) is 23.6 Å². The van der Waals surface area contributed by atoms with E-state index in [0.717, 1.165) is 19.1 Å². The molecule has 3 rings (SSSR count). The Morgan fingerprint density at radius 1 is 1.35 bits per heavy atom. The van der Waals surface area contributed by atoms with Crippen molar-refractivity contribution in [2.45, 2.75) is 25.3 Å². The summed E-state index contributed by atoms with van der Waals surface area (Å²) in [6.45, 7) is 0.359. The number of sulfonamides is 1. The highest BCUT2D eigenvalue weighted by atomic mass is 35.5. The van der Waals surface area contributed by atoms with Gasteiger partial charge in [-0.3, -0.25) is 4.79 Å². The molecule has 1 amide bonds. The fourth-order valence-electron chi connectivity index (χ4n) is 2.90. The predicted molar refractivity (Wildman–Crippen MR) is 105 cm³/mol. The molecule has 6 nitrogen and oxygen atoms in total. The Bertz CT molecular complexity index is 931. The number of carbonyl (C=O) groups excluding carboxylic acids is 1. The van der Waals surface area contributed by atoms with E-state index < -0.39 is 16.1 Å². The molecule has 10 heteroatoms. The number of carbonyl (C=O) groups is 1. The average Bonchev–Trinajstić information content (AvgIpc) is 3.04. The molecule has 2 aromatic rings. The van der Waals surface area contributed by atoms with E-state index in [1.807, 2.05) is 0 Å². The first kappa shape index (κ1) is 19.6. The van der Waals surface area contributed by atoms with Gasteiger partial charge in [-0.1, -0.05) is 29.6 Å². The lowest BCUT2D eigenvalue weighted by Gasteiger charge is -2.32. The van der Waals surface area contributed by atoms with Crippen LogP contribution in [0, 0.1) is 0 Å². The first-order chi connectivity index (χ1) is 12.3. The maximum absolute atomic E-state index is 12.6. The number of nitrogens with one attached hydrogen (secondary N) is 1. The highest BCUT2D eigenvalue weighted by molar-refractivity contribution is 7.88. The lowest BCUT2D eigenvalue weighted by Crippen LogP contribution is -2.49. The van der Waals surface area contributed by atoms with E-state index >= 15 is 0 Å². The number of hydrogen-bond acceptors (Lipinski definition) is 5. The van der Waals surface area contributed by atoms with Gasteiger partial charge in [0, 0.05) is 22.5 Å². The van der Waals surface area contributed by atoms with E-state index in [0.29, 0.717) is 39.4 Å². The fourth-order valence-corrected chi connectivity index (χ4v) is 5.13. The van der Waals surface area contributed by atoms with Crippen LogP contribution in [0.15, 0.2) is 23.6 Å². The van der Waals surface area contributed by atoms with Crippen LogP contribution in [0.5, 0.6) is 0 Å². The predicted octanol–water partition coefficient (Wildman–Crippen LogP) is 3.87. The number of rotatable bonds is 4. The van der Waals surface area contributed by atoms with E-state index in [9.17, 15) is 13.2 Å². The number of piperidine rings is 1. The molecule has 1 atom stereocenters. The second kappa shape index (κ2) is 7.82. The molecular weight excluding hydrogens is 417 g/mol. The second-order valence-corrected chi connectivity index (χ2v) is 9.67. The monoisotopic (exact) mass is 433 g/mol. The SMILES string of the molecule is CS(=O)(=O)N1CCCCC1C(=O)Nc1nc(-c2cc(Cl)ccc2Cl)cs1. The number of thiazole rings is 1. The Labute approximate surface area is 166 Å². The summed E-state index contributed by atoms with van der Waals surface area (Å²) in [5.74, 6) is -0.367. The Kier molecular flexibility index (Phi) is 5.88. The van der Waals surface area contributed by atoms with Crippen LogP contribution in [-0.2, 0) is 14.8 Å². The van der Waals surface area contributed by atoms with Crippen molar-refractivity contribution in [3.63, 3.8) is 0 Å². The van der Waals surface area contributed by atoms with Crippen molar-refractivity contribution in [1.82, 2.24) is 9.29 Å². The quantitative estimate of drug-likeness (QED) is 0.793. The first-order valence-electron chi connectivity index (χ1n) is 7.94. The standard InChI is InChI=1S/C16H17Cl2N3O3S2/c1-26(23,24)21-7-3-2-4-14(21)15(22)20-16-19-13(9-25-16)11-8-10(17)5-6-12(11)18/h5-6,8-9,14H,2-4,7H2,1H3,(H,19,20,22). The Morgan fingerprint density at radius 2 is 2.12 bits per heavy atom. The van der Waals surface area contributed by atoms with Gasteiger partial charge in [-0.05, 0) is 31.0 Å². The molecule has 0 saturated carbocycles. The van der Waals surface area contributed by atoms with Crippen LogP contribution >= 0.6 is 34.5 Å². The van der Waals surface area contributed by atoms with Gasteiger partial charge in [0.2, 0.25) is 15.9 Å². The van der Waals surface area contributed by atoms with Crippen LogP contribution in [-0.4, -0.2) is 42.5 Å². The molecule has 0 aliphatic carbocycles. The number of anilines is 1. The van der Waals surface area contributed by atoms with Crippen molar-refractivity contribution < 1.29 is 13.2 Å². The lowest BCUT2D eigenvalue weighted by molar-refractivity contribution is -0.120. The van der Waals surface area contributed by atoms with Gasteiger partial charge in [-0.25, -0.2) is 13.4 Å². The molecule has 1 aliphatic rings. The van der Waals surface area contributed by atoms with E-state index in [-0.39, 0.29) is 5.91 Å². The molecule has 1 aromatic heterocycles. The van der Waals surface area contributed by atoms with Crippen LogP contribution in [0.25, 0.3) is 11.3 Å². The van der Waals surface area contributed by atoms with Crippen LogP contribution in [0.1, 0.15) is 19.3 Å². The third-order valence-corrected chi connectivity index (χ3v) is 6.73. The van der Waals surface area contributed by atoms with Gasteiger partial charge in [0.1, 0.15) is 6.04 Å². The number of halogens is 2. The van der Waals surface area contributed by atoms with Crippen molar-refractivity contribution in [3.05, 3.63) is 33.6 Å². The summed E-state index contributed by atoms with van der Waals surface area (Å²) in [6, 6.07) is 4.37. The molecule has 1 aliphatic heterocycles. The molecule has 1 unspecified atom stereocenters. The first-order valence-corrected chi connectivity index (χ1v) is 11.4. The summed E-state index contributed by atoms with van der Waals surface area (Å²) in [4.78, 5) is 17.0. The van der Waals surface area contributed by atoms with Gasteiger partial charge in [-0.15, -0.1) is 11.3 Å². The highest BCUT2D eigenvalue weighted by Crippen LogP contribution is 2.33. The highest BCUT2D eigenvalue weighted by Gasteiger charge is 2.34. The zero-order valence-corrected chi connectivity index (χ0v) is 17.1. The van der Waals surface area contributed by atoms with Crippen molar-refractivity contribution in [2.24, 2.45) is 0 Å². The minimum atomic E-state index is -3.44. The summed E-state index contributed by atoms with van der Waals surface area (Å²) >= 11 is 13.4. The number of hydrogen-bond donors (Lipinski definition) is 1. The second-order valence-electron chi connectivity index (χ2n) is 6.04. The van der Waals surface area contributed by atoms with E-state index in [4.69, 9.17) is 23.2 Å². The topological polar surface area (TPSA) is 79.4 Å². The van der Waals surface area contributed by atoms with Crippen LogP contribution in [0.4, 0.5) is 5.13 Å². The van der Waals surface area contributed by atoms with Crippen molar-refractivity contribution in [3.8, 4) is 11.3 Å². The summed E-state index contributed by atoms with van der Waals surface area (Å²) < 4.78 is 25.1. The Balaban J connectivity index is 1.78. The molecule has 0 spiro atoms.